The summed E-state index contributed by atoms with van der Waals surface area (Å²) in [6.45, 7) is 0. The van der Waals surface area contributed by atoms with Crippen molar-refractivity contribution in [3.8, 4) is 0 Å². The van der Waals surface area contributed by atoms with Gasteiger partial charge in [-0.15, -0.1) is 22.7 Å². The summed E-state index contributed by atoms with van der Waals surface area (Å²) in [7, 11) is 0. The summed E-state index contributed by atoms with van der Waals surface area (Å²) in [4.78, 5) is 2.10. The van der Waals surface area contributed by atoms with Crippen molar-refractivity contribution in [2.75, 3.05) is 5.32 Å². The molecule has 1 nitrogen and oxygen atoms in total. The minimum Gasteiger partial charge on any atom is -0.373 e. The number of hydrogen-bond donors (Lipinski definition) is 1. The summed E-state index contributed by atoms with van der Waals surface area (Å²) < 4.78 is 27.1. The first-order chi connectivity index (χ1) is 10.1. The Labute approximate surface area is 133 Å². The van der Waals surface area contributed by atoms with Crippen LogP contribution in [0.5, 0.6) is 0 Å². The SMILES string of the molecule is Fc1ccc(NC(c2cccs2)c2ccc(Cl)s2)cc1F. The molecule has 0 amide bonds. The van der Waals surface area contributed by atoms with Crippen LogP contribution in [0.2, 0.25) is 4.34 Å². The molecule has 1 atom stereocenters. The third-order valence-corrected chi connectivity index (χ3v) is 5.17. The highest BCUT2D eigenvalue weighted by atomic mass is 35.5. The molecule has 3 rings (SSSR count). The molecule has 0 fully saturated rings. The van der Waals surface area contributed by atoms with Crippen molar-refractivity contribution in [1.82, 2.24) is 0 Å². The molecule has 0 bridgehead atoms. The molecule has 21 heavy (non-hydrogen) atoms. The second kappa shape index (κ2) is 6.13. The topological polar surface area (TPSA) is 12.0 Å². The van der Waals surface area contributed by atoms with E-state index in [4.69, 9.17) is 11.6 Å². The molecule has 6 heteroatoms. The Morgan fingerprint density at radius 3 is 2.48 bits per heavy atom. The van der Waals surface area contributed by atoms with Crippen molar-refractivity contribution < 1.29 is 8.78 Å². The third-order valence-electron chi connectivity index (χ3n) is 2.94. The Balaban J connectivity index is 1.94. The summed E-state index contributed by atoms with van der Waals surface area (Å²) in [5, 5.41) is 5.21. The molecule has 2 heterocycles. The fourth-order valence-electron chi connectivity index (χ4n) is 1.97. The zero-order valence-electron chi connectivity index (χ0n) is 10.6. The van der Waals surface area contributed by atoms with E-state index in [0.717, 1.165) is 21.9 Å². The van der Waals surface area contributed by atoms with Crippen LogP contribution in [0.1, 0.15) is 15.8 Å². The van der Waals surface area contributed by atoms with E-state index in [1.165, 1.54) is 17.4 Å². The predicted octanol–water partition coefficient (Wildman–Crippen LogP) is 5.94. The van der Waals surface area contributed by atoms with Crippen molar-refractivity contribution in [3.63, 3.8) is 0 Å². The molecule has 1 N–H and O–H groups in total. The van der Waals surface area contributed by atoms with Gasteiger partial charge < -0.3 is 5.32 Å². The smallest absolute Gasteiger partial charge is 0.160 e. The molecule has 1 aromatic carbocycles. The molecular weight excluding hydrogens is 332 g/mol. The molecular formula is C15H10ClF2NS2. The van der Waals surface area contributed by atoms with Gasteiger partial charge >= 0.3 is 0 Å². The van der Waals surface area contributed by atoms with Crippen LogP contribution in [0, 0.1) is 11.6 Å². The molecule has 0 radical (unpaired) electrons. The number of thiophene rings is 2. The number of halogens is 3. The lowest BCUT2D eigenvalue weighted by molar-refractivity contribution is 0.509. The van der Waals surface area contributed by atoms with Crippen LogP contribution in [0.15, 0.2) is 47.8 Å². The molecule has 0 aliphatic heterocycles. The standard InChI is InChI=1S/C15H10ClF2NS2/c16-14-6-5-13(21-14)15(12-2-1-7-20-12)19-9-3-4-10(17)11(18)8-9/h1-8,15,19H. The molecule has 1 unspecified atom stereocenters. The Morgan fingerprint density at radius 1 is 1.00 bits per heavy atom. The second-order valence-corrected chi connectivity index (χ2v) is 7.09. The van der Waals surface area contributed by atoms with Crippen LogP contribution >= 0.6 is 34.3 Å². The molecule has 0 spiro atoms. The van der Waals surface area contributed by atoms with Gasteiger partial charge in [0, 0.05) is 21.5 Å². The lowest BCUT2D eigenvalue weighted by Gasteiger charge is -2.17. The number of rotatable bonds is 4. The van der Waals surface area contributed by atoms with Crippen molar-refractivity contribution in [1.29, 1.82) is 0 Å². The monoisotopic (exact) mass is 341 g/mol. The average molecular weight is 342 g/mol. The first kappa shape index (κ1) is 14.5. The second-order valence-electron chi connectivity index (χ2n) is 4.36. The molecule has 2 aromatic heterocycles. The van der Waals surface area contributed by atoms with Gasteiger partial charge in [-0.3, -0.25) is 0 Å². The van der Waals surface area contributed by atoms with Crippen molar-refractivity contribution >= 4 is 40.0 Å². The van der Waals surface area contributed by atoms with Crippen LogP contribution in [0.4, 0.5) is 14.5 Å². The lowest BCUT2D eigenvalue weighted by atomic mass is 10.2. The number of benzene rings is 1. The van der Waals surface area contributed by atoms with Crippen LogP contribution < -0.4 is 5.32 Å². The minimum absolute atomic E-state index is 0.132. The summed E-state index contributed by atoms with van der Waals surface area (Å²) >= 11 is 9.06. The van der Waals surface area contributed by atoms with Gasteiger partial charge in [0.15, 0.2) is 11.6 Å². The first-order valence-electron chi connectivity index (χ1n) is 6.14. The zero-order chi connectivity index (χ0) is 14.8. The van der Waals surface area contributed by atoms with Crippen LogP contribution in [0.3, 0.4) is 0 Å². The van der Waals surface area contributed by atoms with Crippen LogP contribution in [-0.2, 0) is 0 Å². The highest BCUT2D eigenvalue weighted by molar-refractivity contribution is 7.16. The van der Waals surface area contributed by atoms with E-state index in [1.54, 1.807) is 11.3 Å². The van der Waals surface area contributed by atoms with Gasteiger partial charge in [-0.2, -0.15) is 0 Å². The molecule has 0 saturated heterocycles. The van der Waals surface area contributed by atoms with Crippen LogP contribution in [-0.4, -0.2) is 0 Å². The summed E-state index contributed by atoms with van der Waals surface area (Å²) in [5.41, 5.74) is 0.525. The largest absolute Gasteiger partial charge is 0.373 e. The van der Waals surface area contributed by atoms with E-state index in [0.29, 0.717) is 10.0 Å². The van der Waals surface area contributed by atoms with Gasteiger partial charge in [-0.1, -0.05) is 17.7 Å². The van der Waals surface area contributed by atoms with E-state index < -0.39 is 11.6 Å². The summed E-state index contributed by atoms with van der Waals surface area (Å²) in [6.07, 6.45) is 0. The quantitative estimate of drug-likeness (QED) is 0.619. The maximum Gasteiger partial charge on any atom is 0.160 e. The fraction of sp³-hybridized carbons (Fsp3) is 0.0667. The first-order valence-corrected chi connectivity index (χ1v) is 8.21. The van der Waals surface area contributed by atoms with E-state index >= 15 is 0 Å². The van der Waals surface area contributed by atoms with Gasteiger partial charge in [-0.05, 0) is 35.7 Å². The Hall–Kier alpha value is -1.43. The van der Waals surface area contributed by atoms with Gasteiger partial charge in [0.1, 0.15) is 0 Å². The maximum atomic E-state index is 13.3. The van der Waals surface area contributed by atoms with Crippen molar-refractivity contribution in [3.05, 3.63) is 73.6 Å². The molecule has 108 valence electrons. The Morgan fingerprint density at radius 2 is 1.86 bits per heavy atom. The van der Waals surface area contributed by atoms with E-state index in [9.17, 15) is 8.78 Å². The van der Waals surface area contributed by atoms with Gasteiger partial charge in [-0.25, -0.2) is 8.78 Å². The van der Waals surface area contributed by atoms with Gasteiger partial charge in [0.2, 0.25) is 0 Å². The molecule has 0 saturated carbocycles. The third kappa shape index (κ3) is 3.26. The van der Waals surface area contributed by atoms with Crippen LogP contribution in [0.25, 0.3) is 0 Å². The minimum atomic E-state index is -0.867. The molecule has 0 aliphatic carbocycles. The van der Waals surface area contributed by atoms with E-state index in [2.05, 4.69) is 5.32 Å². The fourth-order valence-corrected chi connectivity index (χ4v) is 3.97. The number of anilines is 1. The van der Waals surface area contributed by atoms with E-state index in [-0.39, 0.29) is 6.04 Å². The number of nitrogens with one attached hydrogen (secondary N) is 1. The highest BCUT2D eigenvalue weighted by Gasteiger charge is 2.18. The molecule has 3 aromatic rings. The summed E-state index contributed by atoms with van der Waals surface area (Å²) in [5.74, 6) is -1.72. The van der Waals surface area contributed by atoms with Gasteiger partial charge in [0.05, 0.1) is 10.4 Å². The number of hydrogen-bond acceptors (Lipinski definition) is 3. The lowest BCUT2D eigenvalue weighted by Crippen LogP contribution is -2.09. The van der Waals surface area contributed by atoms with E-state index in [1.807, 2.05) is 29.6 Å². The van der Waals surface area contributed by atoms with Crippen molar-refractivity contribution in [2.24, 2.45) is 0 Å². The maximum absolute atomic E-state index is 13.3. The average Bonchev–Trinajstić information content (AvgIpc) is 3.11. The summed E-state index contributed by atoms with van der Waals surface area (Å²) in [6, 6.07) is 11.4. The zero-order valence-corrected chi connectivity index (χ0v) is 13.0. The molecule has 0 aliphatic rings. The predicted molar refractivity (Wildman–Crippen MR) is 85.5 cm³/mol. The highest BCUT2D eigenvalue weighted by Crippen LogP contribution is 2.35. The van der Waals surface area contributed by atoms with Crippen molar-refractivity contribution in [2.45, 2.75) is 6.04 Å². The Bertz CT molecular complexity index is 740. The Kier molecular flexibility index (Phi) is 4.24. The normalized spacial score (nSPS) is 12.3. The van der Waals surface area contributed by atoms with Gasteiger partial charge in [0.25, 0.3) is 0 Å².